The van der Waals surface area contributed by atoms with E-state index in [1.807, 2.05) is 18.2 Å². The van der Waals surface area contributed by atoms with Crippen LogP contribution in [0.25, 0.3) is 10.6 Å². The molecular weight excluding hydrogens is 479 g/mol. The molecule has 0 radical (unpaired) electrons. The Labute approximate surface area is 193 Å². The predicted octanol–water partition coefficient (Wildman–Crippen LogP) is 3.98. The summed E-state index contributed by atoms with van der Waals surface area (Å²) >= 11 is 7.54. The van der Waals surface area contributed by atoms with Crippen LogP contribution in [0.15, 0.2) is 52.7 Å². The van der Waals surface area contributed by atoms with Crippen molar-refractivity contribution >= 4 is 38.9 Å². The van der Waals surface area contributed by atoms with Gasteiger partial charge in [0.25, 0.3) is 0 Å². The third kappa shape index (κ3) is 4.84. The fourth-order valence-electron chi connectivity index (χ4n) is 3.11. The van der Waals surface area contributed by atoms with Gasteiger partial charge in [0.15, 0.2) is 0 Å². The van der Waals surface area contributed by atoms with Gasteiger partial charge in [-0.25, -0.2) is 22.6 Å². The number of carbonyl (C=O) groups excluding carboxylic acids is 1. The molecule has 0 bridgehead atoms. The standard InChI is InChI=1S/C21H18ClFN2O5S2/c22-17-4-2-1-3-16(17)20-24-15(13-31-20)12-30-21(26)14-5-6-18(23)19(11-14)32(27,28)25-7-9-29-10-8-25/h1-6,11,13H,7-10,12H2. The van der Waals surface area contributed by atoms with Crippen LogP contribution in [0.2, 0.25) is 5.02 Å². The van der Waals surface area contributed by atoms with Gasteiger partial charge in [0, 0.05) is 24.0 Å². The third-order valence-electron chi connectivity index (χ3n) is 4.76. The van der Waals surface area contributed by atoms with E-state index >= 15 is 0 Å². The molecule has 0 amide bonds. The van der Waals surface area contributed by atoms with Gasteiger partial charge in [0.2, 0.25) is 10.0 Å². The lowest BCUT2D eigenvalue weighted by atomic mass is 10.2. The molecule has 1 saturated heterocycles. The number of rotatable bonds is 6. The van der Waals surface area contributed by atoms with E-state index in [0.717, 1.165) is 22.0 Å². The normalized spacial score (nSPS) is 14.9. The van der Waals surface area contributed by atoms with Crippen molar-refractivity contribution in [1.82, 2.24) is 9.29 Å². The minimum Gasteiger partial charge on any atom is -0.456 e. The van der Waals surface area contributed by atoms with Gasteiger partial charge in [-0.2, -0.15) is 4.31 Å². The molecule has 2 heterocycles. The minimum atomic E-state index is -4.10. The van der Waals surface area contributed by atoms with E-state index in [-0.39, 0.29) is 38.5 Å². The number of aromatic nitrogens is 1. The predicted molar refractivity (Wildman–Crippen MR) is 118 cm³/mol. The van der Waals surface area contributed by atoms with E-state index in [1.54, 1.807) is 11.4 Å². The summed E-state index contributed by atoms with van der Waals surface area (Å²) in [6.07, 6.45) is 0. The van der Waals surface area contributed by atoms with E-state index in [1.165, 1.54) is 17.4 Å². The molecule has 7 nitrogen and oxygen atoms in total. The fraction of sp³-hybridized carbons (Fsp3) is 0.238. The largest absolute Gasteiger partial charge is 0.456 e. The summed E-state index contributed by atoms with van der Waals surface area (Å²) in [5, 5.41) is 2.98. The van der Waals surface area contributed by atoms with Crippen LogP contribution in [0.3, 0.4) is 0 Å². The second-order valence-electron chi connectivity index (χ2n) is 6.86. The van der Waals surface area contributed by atoms with Crippen molar-refractivity contribution in [2.75, 3.05) is 26.3 Å². The van der Waals surface area contributed by atoms with Gasteiger partial charge < -0.3 is 9.47 Å². The molecule has 2 aromatic carbocycles. The lowest BCUT2D eigenvalue weighted by Gasteiger charge is -2.26. The summed E-state index contributed by atoms with van der Waals surface area (Å²) in [6.45, 7) is 0.573. The zero-order valence-electron chi connectivity index (χ0n) is 16.7. The quantitative estimate of drug-likeness (QED) is 0.480. The molecule has 32 heavy (non-hydrogen) atoms. The summed E-state index contributed by atoms with van der Waals surface area (Å²) in [6, 6.07) is 10.4. The molecule has 1 fully saturated rings. The summed E-state index contributed by atoms with van der Waals surface area (Å²) in [5.74, 6) is -1.72. The van der Waals surface area contributed by atoms with Crippen LogP contribution in [-0.4, -0.2) is 50.0 Å². The highest BCUT2D eigenvalue weighted by molar-refractivity contribution is 7.89. The Kier molecular flexibility index (Phi) is 6.87. The number of hydrogen-bond donors (Lipinski definition) is 0. The molecule has 168 valence electrons. The van der Waals surface area contributed by atoms with Gasteiger partial charge in [0.1, 0.15) is 22.3 Å². The van der Waals surface area contributed by atoms with E-state index in [4.69, 9.17) is 21.1 Å². The number of esters is 1. The first-order valence-electron chi connectivity index (χ1n) is 9.60. The Morgan fingerprint density at radius 1 is 1.22 bits per heavy atom. The van der Waals surface area contributed by atoms with Crippen LogP contribution in [-0.2, 0) is 26.1 Å². The average molecular weight is 497 g/mol. The zero-order chi connectivity index (χ0) is 22.7. The monoisotopic (exact) mass is 496 g/mol. The number of benzene rings is 2. The summed E-state index contributed by atoms with van der Waals surface area (Å²) in [7, 11) is -4.10. The summed E-state index contributed by atoms with van der Waals surface area (Å²) in [5.41, 5.74) is 1.22. The lowest BCUT2D eigenvalue weighted by molar-refractivity contribution is 0.0468. The van der Waals surface area contributed by atoms with Crippen LogP contribution in [0.4, 0.5) is 4.39 Å². The minimum absolute atomic E-state index is 0.0696. The first-order valence-corrected chi connectivity index (χ1v) is 12.3. The second kappa shape index (κ2) is 9.63. The van der Waals surface area contributed by atoms with Gasteiger partial charge in [-0.1, -0.05) is 29.8 Å². The van der Waals surface area contributed by atoms with Gasteiger partial charge >= 0.3 is 5.97 Å². The Morgan fingerprint density at radius 3 is 2.72 bits per heavy atom. The molecule has 1 aliphatic heterocycles. The van der Waals surface area contributed by atoms with Crippen molar-refractivity contribution in [1.29, 1.82) is 0 Å². The fourth-order valence-corrected chi connectivity index (χ4v) is 5.73. The number of carbonyl (C=O) groups is 1. The van der Waals surface area contributed by atoms with Crippen molar-refractivity contribution < 1.29 is 27.1 Å². The number of hydrogen-bond acceptors (Lipinski definition) is 7. The average Bonchev–Trinajstić information content (AvgIpc) is 3.27. The molecule has 11 heteroatoms. The zero-order valence-corrected chi connectivity index (χ0v) is 19.1. The Bertz CT molecular complexity index is 1240. The van der Waals surface area contributed by atoms with Gasteiger partial charge in [-0.3, -0.25) is 0 Å². The van der Waals surface area contributed by atoms with Crippen molar-refractivity contribution in [3.8, 4) is 10.6 Å². The second-order valence-corrected chi connectivity index (χ2v) is 10.0. The maximum absolute atomic E-state index is 14.3. The highest BCUT2D eigenvalue weighted by atomic mass is 35.5. The SMILES string of the molecule is O=C(OCc1csc(-c2ccccc2Cl)n1)c1ccc(F)c(S(=O)(=O)N2CCOCC2)c1. The highest BCUT2D eigenvalue weighted by Crippen LogP contribution is 2.30. The van der Waals surface area contributed by atoms with Crippen molar-refractivity contribution in [2.45, 2.75) is 11.5 Å². The van der Waals surface area contributed by atoms with Gasteiger partial charge in [0.05, 0.1) is 29.5 Å². The van der Waals surface area contributed by atoms with Gasteiger partial charge in [-0.15, -0.1) is 11.3 Å². The molecule has 1 aromatic heterocycles. The van der Waals surface area contributed by atoms with Crippen molar-refractivity contribution in [3.63, 3.8) is 0 Å². The van der Waals surface area contributed by atoms with E-state index in [2.05, 4.69) is 4.98 Å². The van der Waals surface area contributed by atoms with Crippen LogP contribution in [0.1, 0.15) is 16.1 Å². The van der Waals surface area contributed by atoms with Crippen molar-refractivity contribution in [3.05, 3.63) is 69.9 Å². The lowest BCUT2D eigenvalue weighted by Crippen LogP contribution is -2.41. The molecular formula is C21H18ClFN2O5S2. The Balaban J connectivity index is 1.48. The molecule has 0 N–H and O–H groups in total. The topological polar surface area (TPSA) is 85.8 Å². The van der Waals surface area contributed by atoms with Crippen molar-refractivity contribution in [2.24, 2.45) is 0 Å². The molecule has 4 rings (SSSR count). The maximum atomic E-state index is 14.3. The highest BCUT2D eigenvalue weighted by Gasteiger charge is 2.30. The molecule has 1 aliphatic rings. The number of halogens is 2. The molecule has 0 atom stereocenters. The maximum Gasteiger partial charge on any atom is 0.338 e. The number of nitrogens with zero attached hydrogens (tertiary/aromatic N) is 2. The Hall–Kier alpha value is -2.37. The van der Waals surface area contributed by atoms with Gasteiger partial charge in [-0.05, 0) is 24.3 Å². The van der Waals surface area contributed by atoms with E-state index in [9.17, 15) is 17.6 Å². The van der Waals surface area contributed by atoms with Crippen LogP contribution >= 0.6 is 22.9 Å². The molecule has 0 saturated carbocycles. The molecule has 0 spiro atoms. The third-order valence-corrected chi connectivity index (χ3v) is 7.93. The number of sulfonamides is 1. The molecule has 0 unspecified atom stereocenters. The molecule has 0 aliphatic carbocycles. The van der Waals surface area contributed by atoms with Crippen LogP contribution in [0, 0.1) is 5.82 Å². The Morgan fingerprint density at radius 2 is 1.97 bits per heavy atom. The molecule has 3 aromatic rings. The van der Waals surface area contributed by atoms with E-state index < -0.39 is 26.7 Å². The first kappa shape index (κ1) is 22.8. The number of ether oxygens (including phenoxy) is 2. The smallest absolute Gasteiger partial charge is 0.338 e. The number of morpholine rings is 1. The summed E-state index contributed by atoms with van der Waals surface area (Å²) in [4.78, 5) is 16.4. The van der Waals surface area contributed by atoms with E-state index in [0.29, 0.717) is 15.7 Å². The summed E-state index contributed by atoms with van der Waals surface area (Å²) < 4.78 is 51.4. The van der Waals surface area contributed by atoms with Crippen LogP contribution < -0.4 is 0 Å². The number of thiazole rings is 1. The van der Waals surface area contributed by atoms with Crippen LogP contribution in [0.5, 0.6) is 0 Å². The first-order chi connectivity index (χ1) is 15.4.